The van der Waals surface area contributed by atoms with E-state index in [0.717, 1.165) is 12.2 Å². The Hall–Kier alpha value is -1.85. The molecule has 0 aliphatic carbocycles. The lowest BCUT2D eigenvalue weighted by atomic mass is 10.2. The van der Waals surface area contributed by atoms with Crippen LogP contribution >= 0.6 is 11.3 Å². The van der Waals surface area contributed by atoms with Gasteiger partial charge in [-0.3, -0.25) is 4.79 Å². The average molecular weight is 276 g/mol. The predicted octanol–water partition coefficient (Wildman–Crippen LogP) is 2.08. The zero-order valence-electron chi connectivity index (χ0n) is 10.4. The van der Waals surface area contributed by atoms with Gasteiger partial charge in [-0.2, -0.15) is 11.3 Å². The normalized spacial score (nSPS) is 10.2. The summed E-state index contributed by atoms with van der Waals surface area (Å²) < 4.78 is 0. The van der Waals surface area contributed by atoms with Crippen molar-refractivity contribution in [3.63, 3.8) is 0 Å². The minimum absolute atomic E-state index is 0.0496. The van der Waals surface area contributed by atoms with Crippen molar-refractivity contribution < 1.29 is 9.90 Å². The molecule has 0 unspecified atom stereocenters. The van der Waals surface area contributed by atoms with E-state index in [-0.39, 0.29) is 19.1 Å². The molecule has 3 N–H and O–H groups in total. The molecule has 1 aromatic heterocycles. The maximum Gasteiger partial charge on any atom is 0.251 e. The fourth-order valence-electron chi connectivity index (χ4n) is 1.61. The van der Waals surface area contributed by atoms with Crippen LogP contribution in [-0.2, 0) is 6.54 Å². The van der Waals surface area contributed by atoms with Crippen LogP contribution in [0.25, 0.3) is 0 Å². The number of anilines is 1. The molecule has 0 fully saturated rings. The Morgan fingerprint density at radius 1 is 1.21 bits per heavy atom. The van der Waals surface area contributed by atoms with Crippen molar-refractivity contribution in [3.05, 3.63) is 52.2 Å². The largest absolute Gasteiger partial charge is 0.395 e. The first-order chi connectivity index (χ1) is 9.29. The number of nitrogens with one attached hydrogen (secondary N) is 2. The Bertz CT molecular complexity index is 509. The van der Waals surface area contributed by atoms with E-state index in [1.165, 1.54) is 5.56 Å². The lowest BCUT2D eigenvalue weighted by Crippen LogP contribution is -2.26. The minimum atomic E-state index is -0.168. The van der Waals surface area contributed by atoms with Crippen LogP contribution < -0.4 is 10.6 Å². The summed E-state index contributed by atoms with van der Waals surface area (Å²) in [6, 6.07) is 9.36. The van der Waals surface area contributed by atoms with E-state index in [1.54, 1.807) is 23.5 Å². The number of carbonyl (C=O) groups is 1. The van der Waals surface area contributed by atoms with Crippen LogP contribution in [0, 0.1) is 0 Å². The molecular formula is C14H16N2O2S. The Balaban J connectivity index is 1.89. The summed E-state index contributed by atoms with van der Waals surface area (Å²) in [5, 5.41) is 18.7. The van der Waals surface area contributed by atoms with Gasteiger partial charge in [0.15, 0.2) is 0 Å². The molecule has 0 radical (unpaired) electrons. The Morgan fingerprint density at radius 3 is 2.63 bits per heavy atom. The van der Waals surface area contributed by atoms with Gasteiger partial charge in [0.05, 0.1) is 6.61 Å². The van der Waals surface area contributed by atoms with E-state index in [2.05, 4.69) is 22.1 Å². The summed E-state index contributed by atoms with van der Waals surface area (Å²) in [4.78, 5) is 11.6. The Kier molecular flexibility index (Phi) is 4.94. The maximum absolute atomic E-state index is 11.6. The van der Waals surface area contributed by atoms with Gasteiger partial charge >= 0.3 is 0 Å². The van der Waals surface area contributed by atoms with Crippen molar-refractivity contribution >= 4 is 22.9 Å². The second kappa shape index (κ2) is 6.92. The first kappa shape index (κ1) is 13.6. The molecule has 0 saturated carbocycles. The van der Waals surface area contributed by atoms with Gasteiger partial charge in [-0.1, -0.05) is 0 Å². The highest BCUT2D eigenvalue weighted by molar-refractivity contribution is 7.07. The highest BCUT2D eigenvalue weighted by Gasteiger charge is 2.04. The number of benzene rings is 1. The molecule has 1 amide bonds. The number of rotatable bonds is 6. The maximum atomic E-state index is 11.6. The fraction of sp³-hybridized carbons (Fsp3) is 0.214. The molecule has 5 heteroatoms. The number of amides is 1. The molecular weight excluding hydrogens is 260 g/mol. The molecule has 100 valence electrons. The summed E-state index contributed by atoms with van der Waals surface area (Å²) in [5.74, 6) is -0.168. The zero-order chi connectivity index (χ0) is 13.5. The van der Waals surface area contributed by atoms with E-state index >= 15 is 0 Å². The van der Waals surface area contributed by atoms with Crippen LogP contribution in [0.3, 0.4) is 0 Å². The van der Waals surface area contributed by atoms with E-state index in [9.17, 15) is 4.79 Å². The number of carbonyl (C=O) groups excluding carboxylic acids is 1. The number of hydrogen-bond acceptors (Lipinski definition) is 4. The molecule has 0 aliphatic rings. The van der Waals surface area contributed by atoms with Crippen LogP contribution in [0.5, 0.6) is 0 Å². The van der Waals surface area contributed by atoms with Crippen LogP contribution in [0.4, 0.5) is 5.69 Å². The van der Waals surface area contributed by atoms with Crippen molar-refractivity contribution in [3.8, 4) is 0 Å². The van der Waals surface area contributed by atoms with Gasteiger partial charge < -0.3 is 15.7 Å². The average Bonchev–Trinajstić information content (AvgIpc) is 2.96. The highest BCUT2D eigenvalue weighted by Crippen LogP contribution is 2.12. The van der Waals surface area contributed by atoms with E-state index in [0.29, 0.717) is 5.56 Å². The fourth-order valence-corrected chi connectivity index (χ4v) is 2.28. The molecule has 0 aliphatic heterocycles. The summed E-state index contributed by atoms with van der Waals surface area (Å²) in [6.45, 7) is 1.00. The van der Waals surface area contributed by atoms with Crippen molar-refractivity contribution in [2.24, 2.45) is 0 Å². The van der Waals surface area contributed by atoms with Crippen LogP contribution in [0.15, 0.2) is 41.1 Å². The molecule has 19 heavy (non-hydrogen) atoms. The number of aliphatic hydroxyl groups is 1. The Morgan fingerprint density at radius 2 is 2.00 bits per heavy atom. The number of aliphatic hydroxyl groups excluding tert-OH is 1. The highest BCUT2D eigenvalue weighted by atomic mass is 32.1. The number of thiophene rings is 1. The first-order valence-corrected chi connectivity index (χ1v) is 6.98. The van der Waals surface area contributed by atoms with Gasteiger partial charge in [0.1, 0.15) is 0 Å². The quantitative estimate of drug-likeness (QED) is 0.757. The predicted molar refractivity (Wildman–Crippen MR) is 77.5 cm³/mol. The third kappa shape index (κ3) is 4.08. The molecule has 1 aromatic carbocycles. The van der Waals surface area contributed by atoms with Gasteiger partial charge in [0.25, 0.3) is 5.91 Å². The summed E-state index contributed by atoms with van der Waals surface area (Å²) in [7, 11) is 0. The van der Waals surface area contributed by atoms with Crippen molar-refractivity contribution in [2.45, 2.75) is 6.54 Å². The molecule has 0 bridgehead atoms. The lowest BCUT2D eigenvalue weighted by Gasteiger charge is -2.07. The van der Waals surface area contributed by atoms with Gasteiger partial charge in [0.2, 0.25) is 0 Å². The van der Waals surface area contributed by atoms with Crippen molar-refractivity contribution in [2.75, 3.05) is 18.5 Å². The standard InChI is InChI=1S/C14H16N2O2S/c17-7-6-15-14(18)12-1-3-13(4-2-12)16-9-11-5-8-19-10-11/h1-5,8,10,16-17H,6-7,9H2,(H,15,18). The molecule has 0 atom stereocenters. The third-order valence-corrected chi connectivity index (χ3v) is 3.35. The molecule has 1 heterocycles. The third-order valence-electron chi connectivity index (χ3n) is 2.62. The van der Waals surface area contributed by atoms with Crippen molar-refractivity contribution in [1.29, 1.82) is 0 Å². The topological polar surface area (TPSA) is 61.4 Å². The van der Waals surface area contributed by atoms with Crippen molar-refractivity contribution in [1.82, 2.24) is 5.32 Å². The lowest BCUT2D eigenvalue weighted by molar-refractivity contribution is 0.0945. The van der Waals surface area contributed by atoms with E-state index < -0.39 is 0 Å². The van der Waals surface area contributed by atoms with E-state index in [4.69, 9.17) is 5.11 Å². The second-order valence-electron chi connectivity index (χ2n) is 4.04. The van der Waals surface area contributed by atoms with Crippen LogP contribution in [-0.4, -0.2) is 24.2 Å². The Labute approximate surface area is 116 Å². The molecule has 0 saturated heterocycles. The van der Waals surface area contributed by atoms with Crippen LogP contribution in [0.1, 0.15) is 15.9 Å². The summed E-state index contributed by atoms with van der Waals surface area (Å²) in [5.41, 5.74) is 2.81. The van der Waals surface area contributed by atoms with Gasteiger partial charge in [-0.05, 0) is 46.7 Å². The first-order valence-electron chi connectivity index (χ1n) is 6.03. The molecule has 4 nitrogen and oxygen atoms in total. The van der Waals surface area contributed by atoms with Crippen LogP contribution in [0.2, 0.25) is 0 Å². The van der Waals surface area contributed by atoms with Gasteiger partial charge in [-0.25, -0.2) is 0 Å². The SMILES string of the molecule is O=C(NCCO)c1ccc(NCc2ccsc2)cc1. The molecule has 2 aromatic rings. The van der Waals surface area contributed by atoms with Gasteiger partial charge in [0, 0.05) is 24.3 Å². The zero-order valence-corrected chi connectivity index (χ0v) is 11.2. The number of hydrogen-bond donors (Lipinski definition) is 3. The summed E-state index contributed by atoms with van der Waals surface area (Å²) in [6.07, 6.45) is 0. The summed E-state index contributed by atoms with van der Waals surface area (Å²) >= 11 is 1.68. The smallest absolute Gasteiger partial charge is 0.251 e. The molecule has 2 rings (SSSR count). The monoisotopic (exact) mass is 276 g/mol. The van der Waals surface area contributed by atoms with Gasteiger partial charge in [-0.15, -0.1) is 0 Å². The molecule has 0 spiro atoms. The minimum Gasteiger partial charge on any atom is -0.395 e. The second-order valence-corrected chi connectivity index (χ2v) is 4.82. The van der Waals surface area contributed by atoms with E-state index in [1.807, 2.05) is 17.5 Å².